The van der Waals surface area contributed by atoms with Crippen LogP contribution in [-0.4, -0.2) is 59.5 Å². The van der Waals surface area contributed by atoms with Gasteiger partial charge in [-0.2, -0.15) is 29.0 Å². The topological polar surface area (TPSA) is 81.1 Å². The summed E-state index contributed by atoms with van der Waals surface area (Å²) in [5.41, 5.74) is 0. The Morgan fingerprint density at radius 3 is 1.95 bits per heavy atom. The quantitative estimate of drug-likeness (QED) is 0.709. The second kappa shape index (κ2) is 6.53. The Morgan fingerprint density at radius 2 is 1.50 bits per heavy atom. The maximum atomic E-state index is 13.2. The Balaban J connectivity index is 3.13. The van der Waals surface area contributed by atoms with Crippen molar-refractivity contribution < 1.29 is 13.2 Å². The molecule has 0 aromatic heterocycles. The lowest BCUT2D eigenvalue weighted by atomic mass is 10.2. The van der Waals surface area contributed by atoms with Crippen LogP contribution >= 0.6 is 0 Å². The lowest BCUT2D eigenvalue weighted by Crippen LogP contribution is -2.69. The Hall–Kier alpha value is -1.86. The molecule has 0 bridgehead atoms. The molecule has 20 heavy (non-hydrogen) atoms. The number of hydrogen-bond donors (Lipinski definition) is 0. The summed E-state index contributed by atoms with van der Waals surface area (Å²) in [5, 5.41) is 26.1. The minimum absolute atomic E-state index is 0.0738. The van der Waals surface area contributed by atoms with Gasteiger partial charge >= 0.3 is 6.18 Å². The molecule has 6 nitrogen and oxygen atoms in total. The molecule has 1 aliphatic heterocycles. The van der Waals surface area contributed by atoms with Crippen molar-refractivity contribution in [2.24, 2.45) is 0 Å². The fraction of sp³-hybridized carbons (Fsp3) is 0.727. The van der Waals surface area contributed by atoms with E-state index in [9.17, 15) is 13.2 Å². The van der Waals surface area contributed by atoms with Crippen LogP contribution in [0.25, 0.3) is 0 Å². The molecule has 9 heteroatoms. The van der Waals surface area contributed by atoms with Crippen LogP contribution in [0.5, 0.6) is 0 Å². The summed E-state index contributed by atoms with van der Waals surface area (Å²) in [6, 6.07) is 5.26. The molecule has 1 rings (SSSR count). The molecule has 108 valence electrons. The zero-order valence-corrected chi connectivity index (χ0v) is 10.8. The molecule has 0 spiro atoms. The molecular formula is C11H13F3N6. The predicted octanol–water partition coefficient (Wildman–Crippen LogP) is 0.669. The Kier molecular flexibility index (Phi) is 5.29. The fourth-order valence-electron chi connectivity index (χ4n) is 2.25. The van der Waals surface area contributed by atoms with Crippen molar-refractivity contribution in [2.75, 3.05) is 26.3 Å². The second-order valence-corrected chi connectivity index (χ2v) is 4.33. The summed E-state index contributed by atoms with van der Waals surface area (Å²) >= 11 is 0. The molecule has 2 unspecified atom stereocenters. The highest BCUT2D eigenvalue weighted by molar-refractivity contribution is 4.96. The first-order valence-electron chi connectivity index (χ1n) is 5.78. The number of nitrogens with zero attached hydrogens (tertiary/aromatic N) is 6. The van der Waals surface area contributed by atoms with Gasteiger partial charge in [-0.1, -0.05) is 0 Å². The minimum atomic E-state index is -4.58. The molecule has 0 saturated carbocycles. The highest BCUT2D eigenvalue weighted by atomic mass is 19.4. The van der Waals surface area contributed by atoms with Crippen molar-refractivity contribution in [3.8, 4) is 18.2 Å². The van der Waals surface area contributed by atoms with Crippen molar-refractivity contribution in [3.05, 3.63) is 0 Å². The average Bonchev–Trinajstić information content (AvgIpc) is 2.34. The van der Waals surface area contributed by atoms with Gasteiger partial charge in [-0.05, 0) is 6.92 Å². The predicted molar refractivity (Wildman–Crippen MR) is 61.1 cm³/mol. The van der Waals surface area contributed by atoms with E-state index in [1.807, 2.05) is 6.07 Å². The largest absolute Gasteiger partial charge is 0.417 e. The lowest BCUT2D eigenvalue weighted by Gasteiger charge is -2.50. The van der Waals surface area contributed by atoms with Crippen LogP contribution in [0.1, 0.15) is 6.92 Å². The molecule has 1 fully saturated rings. The maximum absolute atomic E-state index is 13.2. The van der Waals surface area contributed by atoms with Gasteiger partial charge in [-0.15, -0.1) is 0 Å². The zero-order chi connectivity index (χ0) is 15.3. The molecule has 1 aliphatic rings. The molecule has 0 aromatic carbocycles. The van der Waals surface area contributed by atoms with Crippen LogP contribution < -0.4 is 0 Å². The van der Waals surface area contributed by atoms with Crippen molar-refractivity contribution in [1.82, 2.24) is 14.7 Å². The van der Waals surface area contributed by atoms with Crippen LogP contribution in [0.15, 0.2) is 0 Å². The fourth-order valence-corrected chi connectivity index (χ4v) is 2.25. The number of alkyl halides is 3. The van der Waals surface area contributed by atoms with Crippen molar-refractivity contribution in [2.45, 2.75) is 25.4 Å². The Labute approximate surface area is 114 Å². The van der Waals surface area contributed by atoms with E-state index < -0.39 is 31.6 Å². The Bertz CT molecular complexity index is 457. The minimum Gasteiger partial charge on any atom is -0.262 e. The van der Waals surface area contributed by atoms with Crippen LogP contribution in [0, 0.1) is 34.0 Å². The lowest BCUT2D eigenvalue weighted by molar-refractivity contribution is -0.262. The van der Waals surface area contributed by atoms with Crippen molar-refractivity contribution in [1.29, 1.82) is 15.8 Å². The first-order chi connectivity index (χ1) is 9.36. The average molecular weight is 286 g/mol. The van der Waals surface area contributed by atoms with Crippen LogP contribution in [0.2, 0.25) is 0 Å². The monoisotopic (exact) mass is 286 g/mol. The molecule has 0 N–H and O–H groups in total. The van der Waals surface area contributed by atoms with Gasteiger partial charge in [0.1, 0.15) is 0 Å². The summed E-state index contributed by atoms with van der Waals surface area (Å²) in [7, 11) is 0. The van der Waals surface area contributed by atoms with E-state index in [0.29, 0.717) is 0 Å². The van der Waals surface area contributed by atoms with E-state index >= 15 is 0 Å². The molecule has 1 saturated heterocycles. The van der Waals surface area contributed by atoms with Crippen molar-refractivity contribution >= 4 is 0 Å². The summed E-state index contributed by atoms with van der Waals surface area (Å²) in [6.45, 7) is 0.428. The number of hydrogen-bond acceptors (Lipinski definition) is 6. The van der Waals surface area contributed by atoms with Crippen LogP contribution in [0.4, 0.5) is 13.2 Å². The number of nitriles is 3. The smallest absolute Gasteiger partial charge is 0.262 e. The van der Waals surface area contributed by atoms with Gasteiger partial charge in [-0.3, -0.25) is 14.7 Å². The second-order valence-electron chi connectivity index (χ2n) is 4.33. The van der Waals surface area contributed by atoms with E-state index in [1.54, 1.807) is 12.1 Å². The maximum Gasteiger partial charge on any atom is 0.417 e. The molecular weight excluding hydrogens is 273 g/mol. The van der Waals surface area contributed by atoms with E-state index in [4.69, 9.17) is 15.8 Å². The molecule has 0 amide bonds. The third-order valence-corrected chi connectivity index (χ3v) is 3.13. The summed E-state index contributed by atoms with van der Waals surface area (Å²) < 4.78 is 39.6. The highest BCUT2D eigenvalue weighted by Crippen LogP contribution is 2.32. The molecule has 1 heterocycles. The first-order valence-corrected chi connectivity index (χ1v) is 5.78. The first kappa shape index (κ1) is 16.2. The van der Waals surface area contributed by atoms with Gasteiger partial charge in [0.15, 0.2) is 6.17 Å². The van der Waals surface area contributed by atoms with Gasteiger partial charge in [0.25, 0.3) is 0 Å². The summed E-state index contributed by atoms with van der Waals surface area (Å²) in [4.78, 5) is 3.34. The standard InChI is InChI=1S/C11H13F3N6/c1-9-18(5-2-15)8-19(6-3-16)10(11(12,13)14)20(9)7-4-17/h9-10H,5-8H2,1H3. The SMILES string of the molecule is CC1N(CC#N)CN(CC#N)C(C(F)(F)F)N1CC#N. The molecule has 0 aliphatic carbocycles. The molecule has 0 radical (unpaired) electrons. The van der Waals surface area contributed by atoms with E-state index in [-0.39, 0.29) is 13.2 Å². The normalized spacial score (nSPS) is 25.6. The highest BCUT2D eigenvalue weighted by Gasteiger charge is 2.52. The van der Waals surface area contributed by atoms with E-state index in [1.165, 1.54) is 11.8 Å². The van der Waals surface area contributed by atoms with E-state index in [2.05, 4.69) is 0 Å². The van der Waals surface area contributed by atoms with Gasteiger partial charge in [-0.25, -0.2) is 0 Å². The molecule has 0 aromatic rings. The summed E-state index contributed by atoms with van der Waals surface area (Å²) in [5.74, 6) is 0. The van der Waals surface area contributed by atoms with Gasteiger partial charge in [0, 0.05) is 0 Å². The summed E-state index contributed by atoms with van der Waals surface area (Å²) in [6.07, 6.45) is -7.29. The number of rotatable bonds is 3. The number of halogens is 3. The van der Waals surface area contributed by atoms with Gasteiger partial charge in [0.2, 0.25) is 0 Å². The molecule has 2 atom stereocenters. The van der Waals surface area contributed by atoms with Crippen LogP contribution in [0.3, 0.4) is 0 Å². The van der Waals surface area contributed by atoms with Crippen LogP contribution in [-0.2, 0) is 0 Å². The third-order valence-electron chi connectivity index (χ3n) is 3.13. The zero-order valence-electron chi connectivity index (χ0n) is 10.8. The van der Waals surface area contributed by atoms with Gasteiger partial charge < -0.3 is 0 Å². The van der Waals surface area contributed by atoms with E-state index in [0.717, 1.165) is 9.80 Å². The van der Waals surface area contributed by atoms with Gasteiger partial charge in [0.05, 0.1) is 50.7 Å². The Morgan fingerprint density at radius 1 is 1.00 bits per heavy atom. The third kappa shape index (κ3) is 3.37. The van der Waals surface area contributed by atoms with Crippen molar-refractivity contribution in [3.63, 3.8) is 0 Å².